The fraction of sp³-hybridized carbons (Fsp3) is 0.300. The molecule has 1 atom stereocenters. The summed E-state index contributed by atoms with van der Waals surface area (Å²) >= 11 is 8.78. The summed E-state index contributed by atoms with van der Waals surface area (Å²) in [6.07, 6.45) is 0. The normalized spacial score (nSPS) is 15.4. The fourth-order valence-electron chi connectivity index (χ4n) is 1.26. The predicted molar refractivity (Wildman–Crippen MR) is 61.3 cm³/mol. The molecule has 7 heteroatoms. The Hall–Kier alpha value is -0.720. The first-order chi connectivity index (χ1) is 7.60. The number of halogens is 4. The number of carbonyl (C=O) groups is 1. The number of carboxylic acid groups (broad SMARTS) is 1. The van der Waals surface area contributed by atoms with Crippen LogP contribution in [0.1, 0.15) is 12.5 Å². The number of aliphatic hydroxyl groups is 1. The molecule has 0 radical (unpaired) electrons. The lowest BCUT2D eigenvalue weighted by atomic mass is 9.89. The lowest BCUT2D eigenvalue weighted by Gasteiger charge is -2.30. The quantitative estimate of drug-likeness (QED) is 0.896. The first-order valence-corrected chi connectivity index (χ1v) is 5.57. The monoisotopic (exact) mass is 328 g/mol. The summed E-state index contributed by atoms with van der Waals surface area (Å²) in [5.74, 6) is -6.76. The molecule has 0 saturated heterocycles. The highest BCUT2D eigenvalue weighted by Crippen LogP contribution is 2.41. The molecule has 0 amide bonds. The highest BCUT2D eigenvalue weighted by molar-refractivity contribution is 9.10. The van der Waals surface area contributed by atoms with E-state index in [-0.39, 0.29) is 10.6 Å². The van der Waals surface area contributed by atoms with Crippen molar-refractivity contribution in [1.29, 1.82) is 0 Å². The molecule has 1 unspecified atom stereocenters. The second-order valence-electron chi connectivity index (χ2n) is 3.58. The van der Waals surface area contributed by atoms with Gasteiger partial charge < -0.3 is 10.2 Å². The topological polar surface area (TPSA) is 57.5 Å². The number of alkyl halides is 2. The van der Waals surface area contributed by atoms with E-state index in [9.17, 15) is 18.7 Å². The van der Waals surface area contributed by atoms with Crippen molar-refractivity contribution < 1.29 is 23.8 Å². The molecular weight excluding hydrogens is 321 g/mol. The maximum absolute atomic E-state index is 13.4. The molecule has 94 valence electrons. The van der Waals surface area contributed by atoms with Gasteiger partial charge in [0.1, 0.15) is 0 Å². The van der Waals surface area contributed by atoms with Crippen molar-refractivity contribution in [2.24, 2.45) is 0 Å². The molecule has 2 N–H and O–H groups in total. The van der Waals surface area contributed by atoms with Crippen LogP contribution < -0.4 is 0 Å². The van der Waals surface area contributed by atoms with Crippen molar-refractivity contribution in [2.75, 3.05) is 0 Å². The molecule has 0 aliphatic heterocycles. The number of hydrogen-bond acceptors (Lipinski definition) is 2. The van der Waals surface area contributed by atoms with Crippen molar-refractivity contribution >= 4 is 33.5 Å². The molecular formula is C10H8BrClF2O3. The van der Waals surface area contributed by atoms with Gasteiger partial charge in [0, 0.05) is 15.1 Å². The van der Waals surface area contributed by atoms with Crippen LogP contribution in [0.4, 0.5) is 8.78 Å². The number of rotatable bonds is 3. The molecule has 1 aromatic carbocycles. The summed E-state index contributed by atoms with van der Waals surface area (Å²) in [6.45, 7) is 0.705. The maximum Gasteiger partial charge on any atom is 0.378 e. The van der Waals surface area contributed by atoms with Gasteiger partial charge in [-0.25, -0.2) is 4.79 Å². The minimum atomic E-state index is -4.34. The number of carboxylic acids is 1. The lowest BCUT2D eigenvalue weighted by molar-refractivity contribution is -0.207. The minimum absolute atomic E-state index is 0.148. The van der Waals surface area contributed by atoms with Crippen LogP contribution in [0, 0.1) is 0 Å². The van der Waals surface area contributed by atoms with Crippen molar-refractivity contribution in [1.82, 2.24) is 0 Å². The molecule has 1 aromatic rings. The summed E-state index contributed by atoms with van der Waals surface area (Å²) in [5, 5.41) is 18.0. The van der Waals surface area contributed by atoms with Crippen LogP contribution in [-0.4, -0.2) is 22.1 Å². The maximum atomic E-state index is 13.4. The third-order valence-corrected chi connectivity index (χ3v) is 3.14. The van der Waals surface area contributed by atoms with Crippen LogP contribution >= 0.6 is 27.5 Å². The van der Waals surface area contributed by atoms with Crippen molar-refractivity contribution in [3.8, 4) is 0 Å². The first kappa shape index (κ1) is 14.3. The average Bonchev–Trinajstić information content (AvgIpc) is 2.16. The van der Waals surface area contributed by atoms with E-state index in [2.05, 4.69) is 15.9 Å². The SMILES string of the molecule is CC(O)(c1ccc(Br)cc1Cl)C(F)(F)C(=O)O. The van der Waals surface area contributed by atoms with E-state index in [0.717, 1.165) is 6.07 Å². The molecule has 0 saturated carbocycles. The molecule has 0 aromatic heterocycles. The van der Waals surface area contributed by atoms with E-state index in [1.54, 1.807) is 0 Å². The molecule has 0 aliphatic rings. The van der Waals surface area contributed by atoms with Crippen LogP contribution in [-0.2, 0) is 10.4 Å². The van der Waals surface area contributed by atoms with Crippen LogP contribution in [0.2, 0.25) is 5.02 Å². The highest BCUT2D eigenvalue weighted by Gasteiger charge is 2.57. The van der Waals surface area contributed by atoms with Crippen LogP contribution in [0.3, 0.4) is 0 Å². The molecule has 17 heavy (non-hydrogen) atoms. The molecule has 0 spiro atoms. The zero-order valence-electron chi connectivity index (χ0n) is 8.55. The Kier molecular flexibility index (Phi) is 3.81. The summed E-state index contributed by atoms with van der Waals surface area (Å²) in [5.41, 5.74) is -3.24. The van der Waals surface area contributed by atoms with Crippen LogP contribution in [0.5, 0.6) is 0 Å². The number of aliphatic carboxylic acids is 1. The number of benzene rings is 1. The zero-order valence-corrected chi connectivity index (χ0v) is 10.9. The van der Waals surface area contributed by atoms with E-state index < -0.39 is 17.5 Å². The number of hydrogen-bond donors (Lipinski definition) is 2. The summed E-state index contributed by atoms with van der Waals surface area (Å²) < 4.78 is 27.3. The van der Waals surface area contributed by atoms with Gasteiger partial charge in [-0.1, -0.05) is 33.6 Å². The fourth-order valence-corrected chi connectivity index (χ4v) is 2.12. The summed E-state index contributed by atoms with van der Waals surface area (Å²) in [4.78, 5) is 10.5. The van der Waals surface area contributed by atoms with Gasteiger partial charge in [-0.3, -0.25) is 0 Å². The van der Waals surface area contributed by atoms with E-state index in [1.807, 2.05) is 0 Å². The molecule has 0 aliphatic carbocycles. The molecule has 0 fully saturated rings. The van der Waals surface area contributed by atoms with E-state index in [0.29, 0.717) is 11.4 Å². The van der Waals surface area contributed by atoms with Gasteiger partial charge in [-0.05, 0) is 19.1 Å². The molecule has 0 bridgehead atoms. The third-order valence-electron chi connectivity index (χ3n) is 2.34. The van der Waals surface area contributed by atoms with Gasteiger partial charge in [-0.2, -0.15) is 8.78 Å². The van der Waals surface area contributed by atoms with Gasteiger partial charge in [0.2, 0.25) is 0 Å². The van der Waals surface area contributed by atoms with E-state index in [1.165, 1.54) is 12.1 Å². The Bertz CT molecular complexity index is 463. The molecule has 0 heterocycles. The van der Waals surface area contributed by atoms with Crippen LogP contribution in [0.15, 0.2) is 22.7 Å². The lowest BCUT2D eigenvalue weighted by Crippen LogP contribution is -2.49. The first-order valence-electron chi connectivity index (χ1n) is 4.40. The smallest absolute Gasteiger partial charge is 0.378 e. The average molecular weight is 330 g/mol. The van der Waals surface area contributed by atoms with Gasteiger partial charge >= 0.3 is 11.9 Å². The Balaban J connectivity index is 3.35. The Labute approximate surface area is 109 Å². The second-order valence-corrected chi connectivity index (χ2v) is 4.90. The van der Waals surface area contributed by atoms with E-state index in [4.69, 9.17) is 16.7 Å². The molecule has 1 rings (SSSR count). The van der Waals surface area contributed by atoms with Gasteiger partial charge in [0.15, 0.2) is 5.60 Å². The minimum Gasteiger partial charge on any atom is -0.477 e. The van der Waals surface area contributed by atoms with E-state index >= 15 is 0 Å². The van der Waals surface area contributed by atoms with Crippen LogP contribution in [0.25, 0.3) is 0 Å². The van der Waals surface area contributed by atoms with Gasteiger partial charge in [-0.15, -0.1) is 0 Å². The van der Waals surface area contributed by atoms with Gasteiger partial charge in [0.25, 0.3) is 0 Å². The highest BCUT2D eigenvalue weighted by atomic mass is 79.9. The Morgan fingerprint density at radius 2 is 2.00 bits per heavy atom. The van der Waals surface area contributed by atoms with Crippen molar-refractivity contribution in [3.05, 3.63) is 33.3 Å². The Morgan fingerprint density at radius 3 is 2.41 bits per heavy atom. The molecule has 3 nitrogen and oxygen atoms in total. The van der Waals surface area contributed by atoms with Crippen molar-refractivity contribution in [2.45, 2.75) is 18.4 Å². The standard InChI is InChI=1S/C10H8BrClF2O3/c1-9(17,10(13,14)8(15)16)6-3-2-5(11)4-7(6)12/h2-4,17H,1H3,(H,15,16). The summed E-state index contributed by atoms with van der Waals surface area (Å²) in [6, 6.07) is 3.82. The second kappa shape index (κ2) is 4.51. The Morgan fingerprint density at radius 1 is 1.47 bits per heavy atom. The third kappa shape index (κ3) is 2.43. The largest absolute Gasteiger partial charge is 0.477 e. The van der Waals surface area contributed by atoms with Gasteiger partial charge in [0.05, 0.1) is 0 Å². The van der Waals surface area contributed by atoms with Crippen molar-refractivity contribution in [3.63, 3.8) is 0 Å². The summed E-state index contributed by atoms with van der Waals surface area (Å²) in [7, 11) is 0. The zero-order chi connectivity index (χ0) is 13.4. The predicted octanol–water partition coefficient (Wildman–Crippen LogP) is 3.03.